The molecule has 0 amide bonds. The Labute approximate surface area is 118 Å². The Kier molecular flexibility index (Phi) is 5.41. The minimum Gasteiger partial charge on any atom is -0.312 e. The summed E-state index contributed by atoms with van der Waals surface area (Å²) in [6.45, 7) is 6.66. The van der Waals surface area contributed by atoms with E-state index in [9.17, 15) is 0 Å². The van der Waals surface area contributed by atoms with Crippen LogP contribution in [-0.2, 0) is 6.54 Å². The lowest BCUT2D eigenvalue weighted by molar-refractivity contribution is 0.236. The van der Waals surface area contributed by atoms with Gasteiger partial charge in [0.1, 0.15) is 0 Å². The van der Waals surface area contributed by atoms with Gasteiger partial charge in [0.15, 0.2) is 0 Å². The second-order valence-corrected chi connectivity index (χ2v) is 6.08. The third-order valence-corrected chi connectivity index (χ3v) is 4.49. The molecule has 1 unspecified atom stereocenters. The zero-order valence-electron chi connectivity index (χ0n) is 12.7. The molecule has 0 aromatic heterocycles. The van der Waals surface area contributed by atoms with Gasteiger partial charge < -0.3 is 5.32 Å². The first-order valence-corrected chi connectivity index (χ1v) is 7.65. The first-order chi connectivity index (χ1) is 9.16. The summed E-state index contributed by atoms with van der Waals surface area (Å²) in [5.41, 5.74) is 2.84. The van der Waals surface area contributed by atoms with Crippen molar-refractivity contribution in [3.8, 4) is 0 Å². The van der Waals surface area contributed by atoms with Crippen LogP contribution >= 0.6 is 0 Å². The van der Waals surface area contributed by atoms with Crippen LogP contribution in [0.4, 0.5) is 0 Å². The molecule has 0 bridgehead atoms. The highest BCUT2D eigenvalue weighted by molar-refractivity contribution is 5.25. The van der Waals surface area contributed by atoms with Crippen molar-refractivity contribution in [2.75, 3.05) is 13.6 Å². The number of benzene rings is 1. The maximum absolute atomic E-state index is 3.72. The van der Waals surface area contributed by atoms with E-state index in [4.69, 9.17) is 0 Å². The Morgan fingerprint density at radius 3 is 2.63 bits per heavy atom. The van der Waals surface area contributed by atoms with E-state index in [1.807, 2.05) is 0 Å². The van der Waals surface area contributed by atoms with Crippen LogP contribution in [0.5, 0.6) is 0 Å². The molecule has 106 valence electrons. The molecule has 2 rings (SSSR count). The van der Waals surface area contributed by atoms with Gasteiger partial charge in [0.2, 0.25) is 0 Å². The molecule has 0 saturated heterocycles. The molecule has 2 heteroatoms. The molecule has 1 fully saturated rings. The molecular formula is C17H28N2. The van der Waals surface area contributed by atoms with E-state index in [1.54, 1.807) is 0 Å². The Bertz CT molecular complexity index is 383. The minimum absolute atomic E-state index is 0.584. The normalized spacial score (nSPS) is 18.1. The first-order valence-electron chi connectivity index (χ1n) is 7.65. The zero-order chi connectivity index (χ0) is 13.7. The molecular weight excluding hydrogens is 232 g/mol. The fraction of sp³-hybridized carbons (Fsp3) is 0.647. The Balaban J connectivity index is 1.78. The van der Waals surface area contributed by atoms with E-state index < -0.39 is 0 Å². The van der Waals surface area contributed by atoms with Crippen molar-refractivity contribution in [3.05, 3.63) is 35.4 Å². The van der Waals surface area contributed by atoms with Crippen LogP contribution in [0, 0.1) is 6.92 Å². The molecule has 1 aromatic carbocycles. The van der Waals surface area contributed by atoms with Gasteiger partial charge in [-0.25, -0.2) is 0 Å². The molecule has 2 nitrogen and oxygen atoms in total. The van der Waals surface area contributed by atoms with Crippen LogP contribution in [0.1, 0.15) is 43.7 Å². The molecule has 19 heavy (non-hydrogen) atoms. The van der Waals surface area contributed by atoms with Crippen molar-refractivity contribution < 1.29 is 0 Å². The van der Waals surface area contributed by atoms with Crippen LogP contribution in [0.25, 0.3) is 0 Å². The lowest BCUT2D eigenvalue weighted by atomic mass is 10.1. The highest BCUT2D eigenvalue weighted by Crippen LogP contribution is 2.18. The van der Waals surface area contributed by atoms with Crippen LogP contribution in [0.2, 0.25) is 0 Å². The maximum atomic E-state index is 3.72. The van der Waals surface area contributed by atoms with Crippen molar-refractivity contribution >= 4 is 0 Å². The van der Waals surface area contributed by atoms with E-state index in [0.29, 0.717) is 6.04 Å². The maximum Gasteiger partial charge on any atom is 0.0236 e. The smallest absolute Gasteiger partial charge is 0.0236 e. The summed E-state index contributed by atoms with van der Waals surface area (Å²) in [5, 5.41) is 3.72. The van der Waals surface area contributed by atoms with Crippen molar-refractivity contribution in [3.63, 3.8) is 0 Å². The average Bonchev–Trinajstić information content (AvgIpc) is 2.91. The van der Waals surface area contributed by atoms with Crippen molar-refractivity contribution in [1.82, 2.24) is 10.2 Å². The molecule has 1 atom stereocenters. The van der Waals surface area contributed by atoms with Crippen LogP contribution in [-0.4, -0.2) is 30.6 Å². The minimum atomic E-state index is 0.584. The lowest BCUT2D eigenvalue weighted by Crippen LogP contribution is -2.40. The molecule has 1 aromatic rings. The first kappa shape index (κ1) is 14.5. The summed E-state index contributed by atoms with van der Waals surface area (Å²) in [6, 6.07) is 10.0. The van der Waals surface area contributed by atoms with Crippen LogP contribution < -0.4 is 5.32 Å². The number of nitrogens with one attached hydrogen (secondary N) is 1. The number of hydrogen-bond donors (Lipinski definition) is 1. The number of likely N-dealkylation sites (N-methyl/N-ethyl adjacent to an activating group) is 1. The third kappa shape index (κ3) is 4.32. The van der Waals surface area contributed by atoms with E-state index in [-0.39, 0.29) is 0 Å². The molecule has 1 N–H and O–H groups in total. The average molecular weight is 260 g/mol. The number of hydrogen-bond acceptors (Lipinski definition) is 2. The second kappa shape index (κ2) is 7.06. The van der Waals surface area contributed by atoms with Crippen molar-refractivity contribution in [2.24, 2.45) is 0 Å². The quantitative estimate of drug-likeness (QED) is 0.844. The molecule has 0 spiro atoms. The van der Waals surface area contributed by atoms with E-state index in [0.717, 1.165) is 19.1 Å². The standard InChI is InChI=1S/C17H28N2/c1-14-8-4-5-9-16(14)13-19(3)15(2)12-18-17-10-6-7-11-17/h4-5,8-9,15,17-18H,6-7,10-13H2,1-3H3. The Hall–Kier alpha value is -0.860. The topological polar surface area (TPSA) is 15.3 Å². The third-order valence-electron chi connectivity index (χ3n) is 4.49. The summed E-state index contributed by atoms with van der Waals surface area (Å²) >= 11 is 0. The molecule has 0 aliphatic heterocycles. The summed E-state index contributed by atoms with van der Waals surface area (Å²) in [7, 11) is 2.23. The van der Waals surface area contributed by atoms with Gasteiger partial charge in [-0.1, -0.05) is 37.1 Å². The van der Waals surface area contributed by atoms with E-state index in [2.05, 4.69) is 55.4 Å². The fourth-order valence-electron chi connectivity index (χ4n) is 2.84. The molecule has 0 heterocycles. The SMILES string of the molecule is Cc1ccccc1CN(C)C(C)CNC1CCCC1. The number of aryl methyl sites for hydroxylation is 1. The lowest BCUT2D eigenvalue weighted by Gasteiger charge is -2.27. The summed E-state index contributed by atoms with van der Waals surface area (Å²) < 4.78 is 0. The van der Waals surface area contributed by atoms with Crippen LogP contribution in [0.3, 0.4) is 0 Å². The van der Waals surface area contributed by atoms with Crippen molar-refractivity contribution in [2.45, 2.75) is 58.2 Å². The van der Waals surface area contributed by atoms with Crippen molar-refractivity contribution in [1.29, 1.82) is 0 Å². The predicted octanol–water partition coefficient (Wildman–Crippen LogP) is 3.35. The molecule has 0 radical (unpaired) electrons. The van der Waals surface area contributed by atoms with Gasteiger partial charge in [-0.15, -0.1) is 0 Å². The van der Waals surface area contributed by atoms with E-state index >= 15 is 0 Å². The molecule has 1 aliphatic rings. The highest BCUT2D eigenvalue weighted by Gasteiger charge is 2.16. The highest BCUT2D eigenvalue weighted by atomic mass is 15.1. The van der Waals surface area contributed by atoms with Gasteiger partial charge in [0, 0.05) is 25.2 Å². The summed E-state index contributed by atoms with van der Waals surface area (Å²) in [4.78, 5) is 2.45. The zero-order valence-corrected chi connectivity index (χ0v) is 12.7. The monoisotopic (exact) mass is 260 g/mol. The fourth-order valence-corrected chi connectivity index (χ4v) is 2.84. The second-order valence-electron chi connectivity index (χ2n) is 6.08. The van der Waals surface area contributed by atoms with Gasteiger partial charge >= 0.3 is 0 Å². The largest absolute Gasteiger partial charge is 0.312 e. The summed E-state index contributed by atoms with van der Waals surface area (Å²) in [5.74, 6) is 0. The van der Waals surface area contributed by atoms with Crippen LogP contribution in [0.15, 0.2) is 24.3 Å². The van der Waals surface area contributed by atoms with Gasteiger partial charge in [-0.2, -0.15) is 0 Å². The van der Waals surface area contributed by atoms with Gasteiger partial charge in [0.05, 0.1) is 0 Å². The molecule has 1 aliphatic carbocycles. The predicted molar refractivity (Wildman–Crippen MR) is 82.4 cm³/mol. The van der Waals surface area contributed by atoms with Gasteiger partial charge in [-0.3, -0.25) is 4.90 Å². The van der Waals surface area contributed by atoms with E-state index in [1.165, 1.54) is 36.8 Å². The summed E-state index contributed by atoms with van der Waals surface area (Å²) in [6.07, 6.45) is 5.55. The number of rotatable bonds is 6. The molecule has 1 saturated carbocycles. The van der Waals surface area contributed by atoms with Gasteiger partial charge in [-0.05, 0) is 44.9 Å². The van der Waals surface area contributed by atoms with Gasteiger partial charge in [0.25, 0.3) is 0 Å². The Morgan fingerprint density at radius 2 is 1.95 bits per heavy atom. The Morgan fingerprint density at radius 1 is 1.26 bits per heavy atom. The number of nitrogens with zero attached hydrogens (tertiary/aromatic N) is 1.